The number of hydrogen-bond donors (Lipinski definition) is 0. The first-order valence-electron chi connectivity index (χ1n) is 20.0. The second-order valence-electron chi connectivity index (χ2n) is 15.7. The molecule has 0 saturated heterocycles. The van der Waals surface area contributed by atoms with Crippen LogP contribution in [0.2, 0.25) is 0 Å². The molecule has 0 radical (unpaired) electrons. The van der Waals surface area contributed by atoms with Gasteiger partial charge in [-0.05, 0) is 113 Å². The molecule has 2 aliphatic rings. The van der Waals surface area contributed by atoms with Gasteiger partial charge in [0.15, 0.2) is 0 Å². The summed E-state index contributed by atoms with van der Waals surface area (Å²) in [4.78, 5) is 5.08. The molecule has 0 N–H and O–H groups in total. The van der Waals surface area contributed by atoms with Gasteiger partial charge in [-0.2, -0.15) is 0 Å². The van der Waals surface area contributed by atoms with Gasteiger partial charge < -0.3 is 4.42 Å². The summed E-state index contributed by atoms with van der Waals surface area (Å²) in [5.74, 6) is 0.956. The van der Waals surface area contributed by atoms with Crippen LogP contribution in [0.5, 0.6) is 0 Å². The van der Waals surface area contributed by atoms with Gasteiger partial charge in [-0.1, -0.05) is 164 Å². The van der Waals surface area contributed by atoms with Crippen molar-refractivity contribution in [3.05, 3.63) is 223 Å². The lowest BCUT2D eigenvalue weighted by atomic mass is 9.70. The summed E-state index contributed by atoms with van der Waals surface area (Å²) < 4.78 is 6.76. The zero-order valence-corrected chi connectivity index (χ0v) is 31.4. The fraction of sp³-hybridized carbons (Fsp3) is 0.0179. The third kappa shape index (κ3) is 4.13. The molecular formula is C56H33NO. The SMILES string of the molecule is c1ccc(-c2ccc(-c3cc4c5ccccc5c(-c5ccc6c(c5)C5(c7ccccc7-c7oc8ccccc8c75)c5cccnc5-6)cc4c4ccccc34)cc2)cc1. The van der Waals surface area contributed by atoms with Gasteiger partial charge in [-0.15, -0.1) is 0 Å². The summed E-state index contributed by atoms with van der Waals surface area (Å²) in [7, 11) is 0. The van der Waals surface area contributed by atoms with Crippen molar-refractivity contribution in [1.29, 1.82) is 0 Å². The Kier molecular flexibility index (Phi) is 6.40. The number of benzene rings is 9. The molecule has 2 heterocycles. The second kappa shape index (κ2) is 11.7. The summed E-state index contributed by atoms with van der Waals surface area (Å²) in [5, 5.41) is 8.65. The van der Waals surface area contributed by atoms with Crippen molar-refractivity contribution >= 4 is 43.3 Å². The van der Waals surface area contributed by atoms with Crippen molar-refractivity contribution in [1.82, 2.24) is 4.98 Å². The first-order valence-corrected chi connectivity index (χ1v) is 20.0. The van der Waals surface area contributed by atoms with E-state index in [1.807, 2.05) is 6.20 Å². The number of rotatable bonds is 3. The van der Waals surface area contributed by atoms with E-state index in [1.165, 1.54) is 93.5 Å². The Morgan fingerprint density at radius 3 is 1.67 bits per heavy atom. The fourth-order valence-electron chi connectivity index (χ4n) is 10.5. The van der Waals surface area contributed by atoms with Crippen molar-refractivity contribution < 1.29 is 4.42 Å². The van der Waals surface area contributed by atoms with E-state index >= 15 is 0 Å². The minimum Gasteiger partial charge on any atom is -0.456 e. The van der Waals surface area contributed by atoms with Crippen LogP contribution in [0.15, 0.2) is 205 Å². The largest absolute Gasteiger partial charge is 0.456 e. The average molecular weight is 736 g/mol. The molecule has 1 atom stereocenters. The van der Waals surface area contributed by atoms with Crippen molar-refractivity contribution in [2.45, 2.75) is 5.41 Å². The molecule has 1 spiro atoms. The highest BCUT2D eigenvalue weighted by molar-refractivity contribution is 6.24. The molecule has 2 aromatic heterocycles. The van der Waals surface area contributed by atoms with E-state index in [0.29, 0.717) is 0 Å². The molecular weight excluding hydrogens is 703 g/mol. The van der Waals surface area contributed by atoms with Crippen LogP contribution in [0.1, 0.15) is 22.3 Å². The number of hydrogen-bond acceptors (Lipinski definition) is 2. The van der Waals surface area contributed by atoms with E-state index in [4.69, 9.17) is 9.40 Å². The van der Waals surface area contributed by atoms with Crippen LogP contribution in [0.25, 0.3) is 99.2 Å². The lowest BCUT2D eigenvalue weighted by Crippen LogP contribution is -2.26. The van der Waals surface area contributed by atoms with Crippen LogP contribution in [0.3, 0.4) is 0 Å². The van der Waals surface area contributed by atoms with Gasteiger partial charge in [0.1, 0.15) is 11.3 Å². The Hall–Kier alpha value is -7.55. The van der Waals surface area contributed by atoms with Gasteiger partial charge in [0.2, 0.25) is 0 Å². The van der Waals surface area contributed by atoms with Gasteiger partial charge in [0.25, 0.3) is 0 Å². The topological polar surface area (TPSA) is 26.0 Å². The fourth-order valence-corrected chi connectivity index (χ4v) is 10.5. The second-order valence-corrected chi connectivity index (χ2v) is 15.7. The maximum atomic E-state index is 6.76. The normalized spacial score (nSPS) is 15.0. The average Bonchev–Trinajstić information content (AvgIpc) is 3.92. The highest BCUT2D eigenvalue weighted by Crippen LogP contribution is 2.64. The zero-order chi connectivity index (χ0) is 38.0. The molecule has 2 aliphatic carbocycles. The Balaban J connectivity index is 1.07. The maximum Gasteiger partial charge on any atom is 0.140 e. The molecule has 0 aliphatic heterocycles. The molecule has 0 bridgehead atoms. The van der Waals surface area contributed by atoms with Gasteiger partial charge in [0, 0.05) is 28.3 Å². The first kappa shape index (κ1) is 31.6. The molecule has 9 aromatic carbocycles. The lowest BCUT2D eigenvalue weighted by molar-refractivity contribution is 0.628. The monoisotopic (exact) mass is 735 g/mol. The summed E-state index contributed by atoms with van der Waals surface area (Å²) in [6.07, 6.45) is 1.93. The van der Waals surface area contributed by atoms with Crippen LogP contribution in [0.4, 0.5) is 0 Å². The summed E-state index contributed by atoms with van der Waals surface area (Å²) in [6.45, 7) is 0. The van der Waals surface area contributed by atoms with Gasteiger partial charge in [-0.25, -0.2) is 0 Å². The van der Waals surface area contributed by atoms with Gasteiger partial charge >= 0.3 is 0 Å². The van der Waals surface area contributed by atoms with Crippen LogP contribution in [0, 0.1) is 0 Å². The Morgan fingerprint density at radius 2 is 0.914 bits per heavy atom. The molecule has 58 heavy (non-hydrogen) atoms. The molecule has 0 saturated carbocycles. The number of pyridine rings is 1. The molecule has 268 valence electrons. The predicted octanol–water partition coefficient (Wildman–Crippen LogP) is 14.6. The third-order valence-corrected chi connectivity index (χ3v) is 12.9. The summed E-state index contributed by atoms with van der Waals surface area (Å²) in [6, 6.07) is 71.1. The summed E-state index contributed by atoms with van der Waals surface area (Å²) >= 11 is 0. The minimum absolute atomic E-state index is 0.572. The maximum absolute atomic E-state index is 6.76. The number of furan rings is 1. The van der Waals surface area contributed by atoms with Crippen LogP contribution in [-0.4, -0.2) is 4.98 Å². The minimum atomic E-state index is -0.572. The van der Waals surface area contributed by atoms with E-state index in [0.717, 1.165) is 28.0 Å². The highest BCUT2D eigenvalue weighted by Gasteiger charge is 2.55. The van der Waals surface area contributed by atoms with E-state index < -0.39 is 5.41 Å². The van der Waals surface area contributed by atoms with Crippen molar-refractivity contribution in [3.63, 3.8) is 0 Å². The van der Waals surface area contributed by atoms with E-state index in [9.17, 15) is 0 Å². The van der Waals surface area contributed by atoms with E-state index in [2.05, 4.69) is 194 Å². The van der Waals surface area contributed by atoms with Gasteiger partial charge in [0.05, 0.1) is 11.1 Å². The molecule has 11 aromatic rings. The lowest BCUT2D eigenvalue weighted by Gasteiger charge is -2.30. The van der Waals surface area contributed by atoms with Gasteiger partial charge in [-0.3, -0.25) is 4.98 Å². The van der Waals surface area contributed by atoms with E-state index in [-0.39, 0.29) is 0 Å². The summed E-state index contributed by atoms with van der Waals surface area (Å²) in [5.41, 5.74) is 15.9. The first-order chi connectivity index (χ1) is 28.8. The predicted molar refractivity (Wildman–Crippen MR) is 239 cm³/mol. The molecule has 2 nitrogen and oxygen atoms in total. The number of para-hydroxylation sites is 1. The smallest absolute Gasteiger partial charge is 0.140 e. The number of fused-ring (bicyclic) bond motifs is 17. The third-order valence-electron chi connectivity index (χ3n) is 12.9. The molecule has 1 unspecified atom stereocenters. The quantitative estimate of drug-likeness (QED) is 0.169. The number of aromatic nitrogens is 1. The van der Waals surface area contributed by atoms with Crippen LogP contribution >= 0.6 is 0 Å². The van der Waals surface area contributed by atoms with E-state index in [1.54, 1.807) is 0 Å². The van der Waals surface area contributed by atoms with Crippen molar-refractivity contribution in [2.75, 3.05) is 0 Å². The number of nitrogens with zero attached hydrogens (tertiary/aromatic N) is 1. The van der Waals surface area contributed by atoms with Crippen LogP contribution in [-0.2, 0) is 5.41 Å². The van der Waals surface area contributed by atoms with Crippen molar-refractivity contribution in [3.8, 4) is 56.0 Å². The molecule has 2 heteroatoms. The molecule has 0 amide bonds. The zero-order valence-electron chi connectivity index (χ0n) is 31.4. The van der Waals surface area contributed by atoms with Crippen molar-refractivity contribution in [2.24, 2.45) is 0 Å². The molecule has 0 fully saturated rings. The highest BCUT2D eigenvalue weighted by atomic mass is 16.3. The Morgan fingerprint density at radius 1 is 0.345 bits per heavy atom. The standard InChI is InChI=1S/C56H33NO/c1-2-13-34(14-3-1)35-24-26-36(27-25-35)45-32-47-41-18-7-5-16-39(41)46(33-48(47)40-17-6-4-15-38(40)45)37-28-29-42-51(31-37)56(50-22-12-30-57-54(42)50)49-21-10-8-19-43(49)55-53(56)44-20-9-11-23-52(44)58-55/h1-33H. The Bertz CT molecular complexity index is 3500. The molecule has 13 rings (SSSR count). The van der Waals surface area contributed by atoms with Crippen LogP contribution < -0.4 is 0 Å². The Labute approximate surface area is 335 Å².